The van der Waals surface area contributed by atoms with Crippen LogP contribution in [0, 0.1) is 0 Å². The van der Waals surface area contributed by atoms with Gasteiger partial charge in [-0.1, -0.05) is 0 Å². The Hall–Kier alpha value is -1.16. The molecule has 1 aliphatic rings. The maximum absolute atomic E-state index is 10.1. The third-order valence-corrected chi connectivity index (χ3v) is 3.68. The monoisotopic (exact) mass is 352 g/mol. The molecule has 0 saturated carbocycles. The van der Waals surface area contributed by atoms with Crippen molar-refractivity contribution in [3.63, 3.8) is 0 Å². The minimum absolute atomic E-state index is 0. The van der Waals surface area contributed by atoms with Gasteiger partial charge in [0.25, 0.3) is 0 Å². The molecule has 0 aliphatic carbocycles. The summed E-state index contributed by atoms with van der Waals surface area (Å²) in [6.07, 6.45) is 1.01. The maximum atomic E-state index is 10.1. The Kier molecular flexibility index (Phi) is 6.36. The van der Waals surface area contributed by atoms with Gasteiger partial charge in [0, 0.05) is 11.8 Å². The van der Waals surface area contributed by atoms with Gasteiger partial charge in [0.1, 0.15) is 23.5 Å². The van der Waals surface area contributed by atoms with Gasteiger partial charge >= 0.3 is 0 Å². The number of ether oxygens (including phenoxy) is 1. The van der Waals surface area contributed by atoms with Crippen molar-refractivity contribution in [1.29, 1.82) is 0 Å². The SMILES string of the molecule is COc1ncnc2c([C@@H]3N[C@H](CO)[C@H](O)C3O)c[nH]c12.Cl.Cl. The smallest absolute Gasteiger partial charge is 0.241 e. The standard InChI is InChI=1S/C12H16N4O4.2ClH/c1-20-12-9-7(14-4-15-12)5(2-13-9)8-11(19)10(18)6(3-17)16-8;;/h2,4,6,8,10-11,13,16-19H,3H2,1H3;2*1H/t6-,8+,10+,11?;;/m1../s1. The van der Waals surface area contributed by atoms with Crippen molar-refractivity contribution in [3.8, 4) is 5.88 Å². The average molecular weight is 353 g/mol. The third kappa shape index (κ3) is 2.85. The van der Waals surface area contributed by atoms with Crippen LogP contribution in [0.4, 0.5) is 0 Å². The predicted octanol–water partition coefficient (Wildman–Crippen LogP) is -0.463. The molecule has 0 radical (unpaired) electrons. The topological polar surface area (TPSA) is 124 Å². The fourth-order valence-electron chi connectivity index (χ4n) is 2.63. The molecule has 124 valence electrons. The Balaban J connectivity index is 0.00000121. The number of methoxy groups -OCH3 is 1. The zero-order valence-electron chi connectivity index (χ0n) is 11.6. The van der Waals surface area contributed by atoms with E-state index < -0.39 is 24.3 Å². The second kappa shape index (κ2) is 7.40. The van der Waals surface area contributed by atoms with Crippen LogP contribution in [0.5, 0.6) is 5.88 Å². The van der Waals surface area contributed by atoms with Crippen molar-refractivity contribution in [2.45, 2.75) is 24.3 Å². The van der Waals surface area contributed by atoms with Crippen molar-refractivity contribution < 1.29 is 20.1 Å². The van der Waals surface area contributed by atoms with E-state index >= 15 is 0 Å². The lowest BCUT2D eigenvalue weighted by Gasteiger charge is -2.14. The fraction of sp³-hybridized carbons (Fsp3) is 0.500. The van der Waals surface area contributed by atoms with Gasteiger partial charge in [-0.3, -0.25) is 0 Å². The zero-order valence-corrected chi connectivity index (χ0v) is 13.3. The first-order valence-electron chi connectivity index (χ1n) is 6.26. The van der Waals surface area contributed by atoms with Crippen molar-refractivity contribution in [2.75, 3.05) is 13.7 Å². The Morgan fingerprint density at radius 2 is 1.95 bits per heavy atom. The van der Waals surface area contributed by atoms with Gasteiger partial charge < -0.3 is 30.4 Å². The highest BCUT2D eigenvalue weighted by Gasteiger charge is 2.42. The largest absolute Gasteiger partial charge is 0.479 e. The first-order chi connectivity index (χ1) is 9.67. The van der Waals surface area contributed by atoms with Crippen LogP contribution in [0.3, 0.4) is 0 Å². The number of hydrogen-bond acceptors (Lipinski definition) is 7. The Bertz CT molecular complexity index is 626. The number of nitrogens with zero attached hydrogens (tertiary/aromatic N) is 2. The molecule has 10 heteroatoms. The lowest BCUT2D eigenvalue weighted by atomic mass is 10.0. The van der Waals surface area contributed by atoms with E-state index in [0.717, 1.165) is 0 Å². The molecule has 2 aromatic rings. The quantitative estimate of drug-likeness (QED) is 0.506. The highest BCUT2D eigenvalue weighted by molar-refractivity contribution is 5.85. The normalized spacial score (nSPS) is 27.3. The van der Waals surface area contributed by atoms with Crippen molar-refractivity contribution in [3.05, 3.63) is 18.1 Å². The van der Waals surface area contributed by atoms with Crippen molar-refractivity contribution in [2.24, 2.45) is 0 Å². The highest BCUT2D eigenvalue weighted by atomic mass is 35.5. The lowest BCUT2D eigenvalue weighted by Crippen LogP contribution is -2.35. The molecule has 4 atom stereocenters. The second-order valence-electron chi connectivity index (χ2n) is 4.77. The molecule has 8 nitrogen and oxygen atoms in total. The summed E-state index contributed by atoms with van der Waals surface area (Å²) in [5, 5.41) is 32.1. The Morgan fingerprint density at radius 1 is 1.23 bits per heavy atom. The van der Waals surface area contributed by atoms with E-state index in [1.54, 1.807) is 6.20 Å². The molecule has 1 fully saturated rings. The molecule has 0 bridgehead atoms. The summed E-state index contributed by atoms with van der Waals surface area (Å²) in [5.41, 5.74) is 1.93. The maximum Gasteiger partial charge on any atom is 0.241 e. The molecule has 0 aromatic carbocycles. The molecule has 0 spiro atoms. The first kappa shape index (κ1) is 18.9. The second-order valence-corrected chi connectivity index (χ2v) is 4.77. The van der Waals surface area contributed by atoms with Crippen LogP contribution in [0.15, 0.2) is 12.5 Å². The summed E-state index contributed by atoms with van der Waals surface area (Å²) in [6.45, 7) is -0.255. The van der Waals surface area contributed by atoms with Gasteiger partial charge in [-0.2, -0.15) is 4.98 Å². The van der Waals surface area contributed by atoms with E-state index in [-0.39, 0.29) is 31.4 Å². The molecule has 3 rings (SSSR count). The van der Waals surface area contributed by atoms with Gasteiger partial charge in [0.05, 0.1) is 31.9 Å². The summed E-state index contributed by atoms with van der Waals surface area (Å²) in [4.78, 5) is 11.2. The average Bonchev–Trinajstić information content (AvgIpc) is 3.01. The first-order valence-corrected chi connectivity index (χ1v) is 6.26. The van der Waals surface area contributed by atoms with E-state index in [4.69, 9.17) is 4.74 Å². The Labute approximate surface area is 138 Å². The van der Waals surface area contributed by atoms with Gasteiger partial charge in [-0.05, 0) is 0 Å². The van der Waals surface area contributed by atoms with Crippen LogP contribution in [0.1, 0.15) is 11.6 Å². The number of nitrogens with one attached hydrogen (secondary N) is 2. The minimum Gasteiger partial charge on any atom is -0.479 e. The lowest BCUT2D eigenvalue weighted by molar-refractivity contribution is 0.0196. The van der Waals surface area contributed by atoms with E-state index in [1.165, 1.54) is 13.4 Å². The minimum atomic E-state index is -1.03. The van der Waals surface area contributed by atoms with E-state index in [2.05, 4.69) is 20.3 Å². The molecule has 22 heavy (non-hydrogen) atoms. The van der Waals surface area contributed by atoms with E-state index in [0.29, 0.717) is 22.5 Å². The summed E-state index contributed by atoms with van der Waals surface area (Å²) in [6, 6.07) is -1.08. The molecule has 0 amide bonds. The van der Waals surface area contributed by atoms with Crippen LogP contribution in [-0.4, -0.2) is 62.2 Å². The summed E-state index contributed by atoms with van der Waals surface area (Å²) in [5.74, 6) is 0.410. The van der Waals surface area contributed by atoms with Crippen LogP contribution in [0.25, 0.3) is 11.0 Å². The number of rotatable bonds is 3. The number of fused-ring (bicyclic) bond motifs is 1. The number of halogens is 2. The molecule has 3 heterocycles. The fourth-order valence-corrected chi connectivity index (χ4v) is 2.63. The van der Waals surface area contributed by atoms with Crippen LogP contribution < -0.4 is 10.1 Å². The summed E-state index contributed by atoms with van der Waals surface area (Å²) in [7, 11) is 1.51. The molecule has 1 saturated heterocycles. The number of aliphatic hydroxyl groups is 3. The van der Waals surface area contributed by atoms with Crippen LogP contribution in [0.2, 0.25) is 0 Å². The number of hydrogen-bond donors (Lipinski definition) is 5. The molecule has 2 aromatic heterocycles. The van der Waals surface area contributed by atoms with Gasteiger partial charge in [0.2, 0.25) is 5.88 Å². The molecule has 1 unspecified atom stereocenters. The van der Waals surface area contributed by atoms with E-state index in [1.807, 2.05) is 0 Å². The van der Waals surface area contributed by atoms with Crippen molar-refractivity contribution >= 4 is 35.8 Å². The molecule has 1 aliphatic heterocycles. The predicted molar refractivity (Wildman–Crippen MR) is 83.7 cm³/mol. The third-order valence-electron chi connectivity index (χ3n) is 3.68. The summed E-state index contributed by atoms with van der Waals surface area (Å²) >= 11 is 0. The summed E-state index contributed by atoms with van der Waals surface area (Å²) < 4.78 is 5.14. The molecular formula is C12H18Cl2N4O4. The number of H-pyrrole nitrogens is 1. The van der Waals surface area contributed by atoms with E-state index in [9.17, 15) is 15.3 Å². The number of aliphatic hydroxyl groups excluding tert-OH is 3. The number of aromatic amines is 1. The van der Waals surface area contributed by atoms with Gasteiger partial charge in [-0.25, -0.2) is 4.98 Å². The van der Waals surface area contributed by atoms with Gasteiger partial charge in [-0.15, -0.1) is 24.8 Å². The zero-order chi connectivity index (χ0) is 14.3. The van der Waals surface area contributed by atoms with Crippen LogP contribution >= 0.6 is 24.8 Å². The van der Waals surface area contributed by atoms with Crippen molar-refractivity contribution in [1.82, 2.24) is 20.3 Å². The van der Waals surface area contributed by atoms with Gasteiger partial charge in [0.15, 0.2) is 0 Å². The van der Waals surface area contributed by atoms with Crippen LogP contribution in [-0.2, 0) is 0 Å². The Morgan fingerprint density at radius 3 is 2.55 bits per heavy atom. The molecule has 5 N–H and O–H groups in total. The molecular weight excluding hydrogens is 335 g/mol. The highest BCUT2D eigenvalue weighted by Crippen LogP contribution is 2.33. The number of aromatic nitrogens is 3.